The Morgan fingerprint density at radius 1 is 1.20 bits per heavy atom. The zero-order chi connectivity index (χ0) is 14.5. The van der Waals surface area contributed by atoms with Crippen molar-refractivity contribution in [2.45, 2.75) is 0 Å². The van der Waals surface area contributed by atoms with Crippen LogP contribution in [0.5, 0.6) is 0 Å². The number of carbonyl (C=O) groups excluding carboxylic acids is 1. The molecule has 0 saturated carbocycles. The molecule has 0 atom stereocenters. The summed E-state index contributed by atoms with van der Waals surface area (Å²) < 4.78 is 13.5. The number of oxime groups is 1. The van der Waals surface area contributed by atoms with Gasteiger partial charge >= 0.3 is 0 Å². The van der Waals surface area contributed by atoms with Gasteiger partial charge in [0.25, 0.3) is 5.91 Å². The normalized spacial score (nSPS) is 11.2. The van der Waals surface area contributed by atoms with Gasteiger partial charge in [-0.3, -0.25) is 4.79 Å². The molecule has 102 valence electrons. The number of nitrogens with one attached hydrogen (secondary N) is 1. The largest absolute Gasteiger partial charge is 0.409 e. The number of rotatable bonds is 3. The third-order valence-corrected chi connectivity index (χ3v) is 2.64. The Labute approximate surface area is 114 Å². The van der Waals surface area contributed by atoms with Crippen LogP contribution in [-0.2, 0) is 0 Å². The molecular formula is C14H12FN3O2. The highest BCUT2D eigenvalue weighted by atomic mass is 19.1. The SMILES string of the molecule is N/C(=N/O)c1cccc(NC(=O)c2ccccc2F)c1. The molecule has 0 fully saturated rings. The summed E-state index contributed by atoms with van der Waals surface area (Å²) in [7, 11) is 0. The molecule has 0 aliphatic heterocycles. The number of nitrogens with two attached hydrogens (primary N) is 1. The zero-order valence-corrected chi connectivity index (χ0v) is 10.4. The number of carbonyl (C=O) groups is 1. The van der Waals surface area contributed by atoms with E-state index in [1.807, 2.05) is 0 Å². The number of halogens is 1. The fraction of sp³-hybridized carbons (Fsp3) is 0. The molecule has 6 heteroatoms. The van der Waals surface area contributed by atoms with Gasteiger partial charge in [-0.15, -0.1) is 0 Å². The lowest BCUT2D eigenvalue weighted by Crippen LogP contribution is -2.16. The van der Waals surface area contributed by atoms with E-state index < -0.39 is 11.7 Å². The van der Waals surface area contributed by atoms with Crippen molar-refractivity contribution in [2.24, 2.45) is 10.9 Å². The summed E-state index contributed by atoms with van der Waals surface area (Å²) in [6.07, 6.45) is 0. The van der Waals surface area contributed by atoms with Crippen LogP contribution in [0.4, 0.5) is 10.1 Å². The van der Waals surface area contributed by atoms with Crippen molar-refractivity contribution in [3.05, 3.63) is 65.5 Å². The van der Waals surface area contributed by atoms with Crippen molar-refractivity contribution in [3.8, 4) is 0 Å². The van der Waals surface area contributed by atoms with Crippen molar-refractivity contribution in [1.29, 1.82) is 0 Å². The van der Waals surface area contributed by atoms with Crippen LogP contribution in [0, 0.1) is 5.82 Å². The smallest absolute Gasteiger partial charge is 0.258 e. The number of amidine groups is 1. The molecule has 0 unspecified atom stereocenters. The van der Waals surface area contributed by atoms with Gasteiger partial charge < -0.3 is 16.3 Å². The topological polar surface area (TPSA) is 87.7 Å². The van der Waals surface area contributed by atoms with Gasteiger partial charge in [0, 0.05) is 11.3 Å². The maximum absolute atomic E-state index is 13.5. The molecule has 1 amide bonds. The molecule has 0 bridgehead atoms. The van der Waals surface area contributed by atoms with E-state index in [-0.39, 0.29) is 11.4 Å². The highest BCUT2D eigenvalue weighted by Crippen LogP contribution is 2.13. The molecule has 2 aromatic rings. The molecule has 2 aromatic carbocycles. The highest BCUT2D eigenvalue weighted by Gasteiger charge is 2.11. The van der Waals surface area contributed by atoms with Crippen molar-refractivity contribution < 1.29 is 14.4 Å². The zero-order valence-electron chi connectivity index (χ0n) is 10.4. The maximum atomic E-state index is 13.5. The minimum atomic E-state index is -0.599. The van der Waals surface area contributed by atoms with Crippen LogP contribution in [0.3, 0.4) is 0 Å². The van der Waals surface area contributed by atoms with Crippen LogP contribution in [0.2, 0.25) is 0 Å². The second-order valence-corrected chi connectivity index (χ2v) is 4.00. The van der Waals surface area contributed by atoms with Crippen LogP contribution in [-0.4, -0.2) is 17.0 Å². The van der Waals surface area contributed by atoms with Gasteiger partial charge in [-0.1, -0.05) is 29.4 Å². The van der Waals surface area contributed by atoms with Gasteiger partial charge in [-0.25, -0.2) is 4.39 Å². The Bertz CT molecular complexity index is 671. The number of benzene rings is 2. The minimum Gasteiger partial charge on any atom is -0.409 e. The predicted octanol–water partition coefficient (Wildman–Crippen LogP) is 2.17. The molecule has 5 nitrogen and oxygen atoms in total. The molecule has 0 aliphatic carbocycles. The average molecular weight is 273 g/mol. The van der Waals surface area contributed by atoms with Gasteiger partial charge in [0.1, 0.15) is 5.82 Å². The summed E-state index contributed by atoms with van der Waals surface area (Å²) in [6, 6.07) is 12.1. The molecule has 0 aliphatic rings. The molecule has 20 heavy (non-hydrogen) atoms. The second kappa shape index (κ2) is 5.83. The molecule has 4 N–H and O–H groups in total. The Morgan fingerprint density at radius 2 is 1.95 bits per heavy atom. The van der Waals surface area contributed by atoms with Crippen LogP contribution in [0.15, 0.2) is 53.7 Å². The van der Waals surface area contributed by atoms with Crippen LogP contribution in [0.25, 0.3) is 0 Å². The first-order chi connectivity index (χ1) is 9.61. The quantitative estimate of drug-likeness (QED) is 0.346. The number of hydrogen-bond donors (Lipinski definition) is 3. The van der Waals surface area contributed by atoms with E-state index in [1.54, 1.807) is 24.3 Å². The Kier molecular flexibility index (Phi) is 3.95. The predicted molar refractivity (Wildman–Crippen MR) is 73.3 cm³/mol. The third-order valence-electron chi connectivity index (χ3n) is 2.64. The average Bonchev–Trinajstić information content (AvgIpc) is 2.47. The second-order valence-electron chi connectivity index (χ2n) is 4.00. The lowest BCUT2D eigenvalue weighted by molar-refractivity contribution is 0.102. The fourth-order valence-electron chi connectivity index (χ4n) is 1.66. The molecule has 0 saturated heterocycles. The summed E-state index contributed by atoms with van der Waals surface area (Å²) in [6.45, 7) is 0. The molecular weight excluding hydrogens is 261 g/mol. The van der Waals surface area contributed by atoms with Gasteiger partial charge in [0.15, 0.2) is 5.84 Å². The van der Waals surface area contributed by atoms with Gasteiger partial charge in [-0.2, -0.15) is 0 Å². The maximum Gasteiger partial charge on any atom is 0.258 e. The summed E-state index contributed by atoms with van der Waals surface area (Å²) in [5.41, 5.74) is 6.26. The highest BCUT2D eigenvalue weighted by molar-refractivity contribution is 6.05. The molecule has 0 spiro atoms. The Morgan fingerprint density at radius 3 is 2.65 bits per heavy atom. The fourth-order valence-corrected chi connectivity index (χ4v) is 1.66. The van der Waals surface area contributed by atoms with Crippen molar-refractivity contribution in [3.63, 3.8) is 0 Å². The summed E-state index contributed by atoms with van der Waals surface area (Å²) in [4.78, 5) is 11.9. The van der Waals surface area contributed by atoms with E-state index in [0.717, 1.165) is 0 Å². The number of nitrogens with zero attached hydrogens (tertiary/aromatic N) is 1. The van der Waals surface area contributed by atoms with E-state index in [0.29, 0.717) is 11.3 Å². The van der Waals surface area contributed by atoms with E-state index in [2.05, 4.69) is 10.5 Å². The van der Waals surface area contributed by atoms with Gasteiger partial charge in [-0.05, 0) is 24.3 Å². The minimum absolute atomic E-state index is 0.0540. The van der Waals surface area contributed by atoms with E-state index in [9.17, 15) is 9.18 Å². The molecule has 0 heterocycles. The van der Waals surface area contributed by atoms with Gasteiger partial charge in [0.2, 0.25) is 0 Å². The monoisotopic (exact) mass is 273 g/mol. The van der Waals surface area contributed by atoms with Crippen LogP contribution >= 0.6 is 0 Å². The third kappa shape index (κ3) is 2.92. The lowest BCUT2D eigenvalue weighted by atomic mass is 10.1. The Hall–Kier alpha value is -2.89. The molecule has 2 rings (SSSR count). The summed E-state index contributed by atoms with van der Waals surface area (Å²) in [5.74, 6) is -1.25. The molecule has 0 aromatic heterocycles. The summed E-state index contributed by atoms with van der Waals surface area (Å²) in [5, 5.41) is 14.0. The van der Waals surface area contributed by atoms with Gasteiger partial charge in [0.05, 0.1) is 5.56 Å². The van der Waals surface area contributed by atoms with E-state index in [4.69, 9.17) is 10.9 Å². The number of anilines is 1. The van der Waals surface area contributed by atoms with Crippen molar-refractivity contribution in [2.75, 3.05) is 5.32 Å². The first-order valence-electron chi connectivity index (χ1n) is 5.75. The Balaban J connectivity index is 2.23. The molecule has 0 radical (unpaired) electrons. The van der Waals surface area contributed by atoms with Crippen LogP contribution < -0.4 is 11.1 Å². The standard InChI is InChI=1S/C14H12FN3O2/c15-12-7-2-1-6-11(12)14(19)17-10-5-3-4-9(8-10)13(16)18-20/h1-8,20H,(H2,16,18)(H,17,19). The van der Waals surface area contributed by atoms with E-state index >= 15 is 0 Å². The summed E-state index contributed by atoms with van der Waals surface area (Å²) >= 11 is 0. The first kappa shape index (κ1) is 13.5. The van der Waals surface area contributed by atoms with Crippen molar-refractivity contribution in [1.82, 2.24) is 0 Å². The van der Waals surface area contributed by atoms with E-state index in [1.165, 1.54) is 24.3 Å². The number of hydrogen-bond acceptors (Lipinski definition) is 3. The number of amides is 1. The van der Waals surface area contributed by atoms with Crippen LogP contribution in [0.1, 0.15) is 15.9 Å². The first-order valence-corrected chi connectivity index (χ1v) is 5.75. The lowest BCUT2D eigenvalue weighted by Gasteiger charge is -2.07. The van der Waals surface area contributed by atoms with Crippen molar-refractivity contribution >= 4 is 17.4 Å².